The van der Waals surface area contributed by atoms with Crippen molar-refractivity contribution >= 4 is 15.9 Å². The van der Waals surface area contributed by atoms with Crippen LogP contribution in [-0.4, -0.2) is 50.0 Å². The Morgan fingerprint density at radius 2 is 1.79 bits per heavy atom. The summed E-state index contributed by atoms with van der Waals surface area (Å²) >= 11 is 0. The van der Waals surface area contributed by atoms with Crippen molar-refractivity contribution in [2.45, 2.75) is 70.1 Å². The fourth-order valence-electron chi connectivity index (χ4n) is 4.31. The van der Waals surface area contributed by atoms with Gasteiger partial charge in [0, 0.05) is 24.7 Å². The van der Waals surface area contributed by atoms with Gasteiger partial charge in [-0.25, -0.2) is 8.42 Å². The minimum absolute atomic E-state index is 0.137. The summed E-state index contributed by atoms with van der Waals surface area (Å²) in [6, 6.07) is 6.50. The summed E-state index contributed by atoms with van der Waals surface area (Å²) < 4.78 is 33.2. The highest BCUT2D eigenvalue weighted by atomic mass is 32.2. The monoisotopic (exact) mass is 408 g/mol. The summed E-state index contributed by atoms with van der Waals surface area (Å²) in [5.74, 6) is 0.795. The zero-order valence-corrected chi connectivity index (χ0v) is 18.0. The van der Waals surface area contributed by atoms with Crippen LogP contribution in [0.3, 0.4) is 0 Å². The van der Waals surface area contributed by atoms with Crippen LogP contribution < -0.4 is 5.32 Å². The van der Waals surface area contributed by atoms with E-state index in [1.807, 2.05) is 13.8 Å². The van der Waals surface area contributed by atoms with Gasteiger partial charge in [0.1, 0.15) is 0 Å². The molecule has 1 aromatic carbocycles. The molecule has 0 unspecified atom stereocenters. The smallest absolute Gasteiger partial charge is 0.251 e. The van der Waals surface area contributed by atoms with Gasteiger partial charge in [0.15, 0.2) is 0 Å². The first-order chi connectivity index (χ1) is 13.2. The zero-order chi connectivity index (χ0) is 20.5. The van der Waals surface area contributed by atoms with E-state index in [2.05, 4.69) is 19.2 Å². The first kappa shape index (κ1) is 21.3. The van der Waals surface area contributed by atoms with Crippen LogP contribution in [-0.2, 0) is 14.8 Å². The number of morpholine rings is 1. The van der Waals surface area contributed by atoms with Crippen LogP contribution in [0.15, 0.2) is 29.2 Å². The van der Waals surface area contributed by atoms with E-state index in [0.717, 1.165) is 12.8 Å². The fourth-order valence-corrected chi connectivity index (χ4v) is 5.95. The number of amides is 1. The predicted molar refractivity (Wildman–Crippen MR) is 109 cm³/mol. The van der Waals surface area contributed by atoms with Gasteiger partial charge in [-0.15, -0.1) is 0 Å². The highest BCUT2D eigenvalue weighted by Crippen LogP contribution is 2.30. The van der Waals surface area contributed by atoms with Gasteiger partial charge < -0.3 is 10.1 Å². The van der Waals surface area contributed by atoms with Gasteiger partial charge in [-0.05, 0) is 50.3 Å². The molecule has 28 heavy (non-hydrogen) atoms. The molecule has 0 bridgehead atoms. The Kier molecular flexibility index (Phi) is 6.47. The van der Waals surface area contributed by atoms with Gasteiger partial charge in [-0.3, -0.25) is 4.79 Å². The van der Waals surface area contributed by atoms with E-state index in [4.69, 9.17) is 4.74 Å². The third kappa shape index (κ3) is 4.58. The molecule has 1 aromatic rings. The second kappa shape index (κ2) is 8.51. The molecular weight excluding hydrogens is 376 g/mol. The highest BCUT2D eigenvalue weighted by Gasteiger charge is 2.33. The third-order valence-electron chi connectivity index (χ3n) is 6.14. The summed E-state index contributed by atoms with van der Waals surface area (Å²) in [6.45, 7) is 8.78. The van der Waals surface area contributed by atoms with E-state index in [1.165, 1.54) is 16.8 Å². The van der Waals surface area contributed by atoms with Gasteiger partial charge in [0.05, 0.1) is 17.1 Å². The number of rotatable bonds is 4. The summed E-state index contributed by atoms with van der Waals surface area (Å²) in [7, 11) is -3.66. The Balaban J connectivity index is 1.77. The van der Waals surface area contributed by atoms with Crippen LogP contribution in [0.1, 0.15) is 57.3 Å². The minimum atomic E-state index is -3.66. The lowest BCUT2D eigenvalue weighted by Crippen LogP contribution is -2.48. The Morgan fingerprint density at radius 1 is 1.11 bits per heavy atom. The Morgan fingerprint density at radius 3 is 2.46 bits per heavy atom. The zero-order valence-electron chi connectivity index (χ0n) is 17.2. The maximum atomic E-state index is 13.1. The molecule has 0 spiro atoms. The maximum Gasteiger partial charge on any atom is 0.251 e. The third-order valence-corrected chi connectivity index (χ3v) is 7.97. The highest BCUT2D eigenvalue weighted by molar-refractivity contribution is 7.89. The van der Waals surface area contributed by atoms with Crippen LogP contribution in [0, 0.1) is 11.8 Å². The molecule has 1 saturated heterocycles. The second-order valence-electron chi connectivity index (χ2n) is 8.45. The van der Waals surface area contributed by atoms with Gasteiger partial charge >= 0.3 is 0 Å². The van der Waals surface area contributed by atoms with Crippen molar-refractivity contribution in [1.82, 2.24) is 9.62 Å². The van der Waals surface area contributed by atoms with E-state index >= 15 is 0 Å². The summed E-state index contributed by atoms with van der Waals surface area (Å²) in [5, 5.41) is 3.12. The molecule has 5 atom stereocenters. The van der Waals surface area contributed by atoms with Crippen molar-refractivity contribution < 1.29 is 17.9 Å². The number of carbonyl (C=O) groups is 1. The lowest BCUT2D eigenvalue weighted by Gasteiger charge is -2.35. The quantitative estimate of drug-likeness (QED) is 0.831. The molecule has 0 aromatic heterocycles. The molecule has 1 amide bonds. The number of carbonyl (C=O) groups excluding carboxylic acids is 1. The van der Waals surface area contributed by atoms with Crippen LogP contribution in [0.4, 0.5) is 0 Å². The molecule has 1 saturated carbocycles. The second-order valence-corrected chi connectivity index (χ2v) is 10.4. The van der Waals surface area contributed by atoms with Crippen molar-refractivity contribution in [3.8, 4) is 0 Å². The predicted octanol–water partition coefficient (Wildman–Crippen LogP) is 3.04. The van der Waals surface area contributed by atoms with Crippen molar-refractivity contribution in [3.63, 3.8) is 0 Å². The minimum Gasteiger partial charge on any atom is -0.373 e. The van der Waals surface area contributed by atoms with Gasteiger partial charge in [-0.2, -0.15) is 4.31 Å². The molecule has 1 aliphatic heterocycles. The maximum absolute atomic E-state index is 13.1. The molecule has 7 heteroatoms. The number of nitrogens with zero attached hydrogens (tertiary/aromatic N) is 1. The van der Waals surface area contributed by atoms with Crippen molar-refractivity contribution in [2.24, 2.45) is 11.8 Å². The summed E-state index contributed by atoms with van der Waals surface area (Å²) in [4.78, 5) is 12.9. The molecule has 2 aliphatic rings. The topological polar surface area (TPSA) is 75.7 Å². The average molecular weight is 409 g/mol. The molecule has 0 radical (unpaired) electrons. The Labute approximate surface area is 168 Å². The van der Waals surface area contributed by atoms with E-state index in [1.54, 1.807) is 18.2 Å². The molecule has 1 aliphatic carbocycles. The molecule has 1 heterocycles. The summed E-state index contributed by atoms with van der Waals surface area (Å²) in [5.41, 5.74) is 0.390. The SMILES string of the molecule is C[C@H]1[C@@H](NC(=O)c2cccc(S(=O)(=O)N3C[C@@H](C)O[C@@H](C)C3)c2)CCC[C@@H]1C. The molecule has 6 nitrogen and oxygen atoms in total. The Bertz CT molecular complexity index is 800. The Hall–Kier alpha value is -1.44. The lowest BCUT2D eigenvalue weighted by atomic mass is 9.78. The fraction of sp³-hybridized carbons (Fsp3) is 0.667. The van der Waals surface area contributed by atoms with Crippen LogP contribution in [0.25, 0.3) is 0 Å². The summed E-state index contributed by atoms with van der Waals surface area (Å²) in [6.07, 6.45) is 2.97. The number of nitrogens with one attached hydrogen (secondary N) is 1. The number of benzene rings is 1. The van der Waals surface area contributed by atoms with Crippen molar-refractivity contribution in [2.75, 3.05) is 13.1 Å². The number of hydrogen-bond acceptors (Lipinski definition) is 4. The number of hydrogen-bond donors (Lipinski definition) is 1. The van der Waals surface area contributed by atoms with Crippen LogP contribution in [0.2, 0.25) is 0 Å². The molecule has 2 fully saturated rings. The molecule has 1 N–H and O–H groups in total. The lowest BCUT2D eigenvalue weighted by molar-refractivity contribution is -0.0440. The first-order valence-electron chi connectivity index (χ1n) is 10.2. The average Bonchev–Trinajstić information content (AvgIpc) is 2.64. The van der Waals surface area contributed by atoms with E-state index in [9.17, 15) is 13.2 Å². The number of sulfonamides is 1. The van der Waals surface area contributed by atoms with E-state index in [-0.39, 0.29) is 29.1 Å². The largest absolute Gasteiger partial charge is 0.373 e. The number of ether oxygens (including phenoxy) is 1. The normalized spacial score (nSPS) is 32.1. The first-order valence-corrected chi connectivity index (χ1v) is 11.7. The van der Waals surface area contributed by atoms with E-state index in [0.29, 0.717) is 30.5 Å². The van der Waals surface area contributed by atoms with Gasteiger partial charge in [-0.1, -0.05) is 32.8 Å². The van der Waals surface area contributed by atoms with Gasteiger partial charge in [0.25, 0.3) is 5.91 Å². The van der Waals surface area contributed by atoms with Gasteiger partial charge in [0.2, 0.25) is 10.0 Å². The standard InChI is InChI=1S/C21H32N2O4S/c1-14-7-5-10-20(17(14)4)22-21(24)18-8-6-9-19(11-18)28(25,26)23-12-15(2)27-16(3)13-23/h6,8-9,11,14-17,20H,5,7,10,12-13H2,1-4H3,(H,22,24)/t14-,15-,16+,17+,20-/m0/s1. The van der Waals surface area contributed by atoms with Crippen molar-refractivity contribution in [3.05, 3.63) is 29.8 Å². The van der Waals surface area contributed by atoms with Crippen LogP contribution >= 0.6 is 0 Å². The van der Waals surface area contributed by atoms with Crippen molar-refractivity contribution in [1.29, 1.82) is 0 Å². The molecular formula is C21H32N2O4S. The molecule has 3 rings (SSSR count). The van der Waals surface area contributed by atoms with Crippen LogP contribution in [0.5, 0.6) is 0 Å². The molecule has 156 valence electrons. The van der Waals surface area contributed by atoms with E-state index < -0.39 is 10.0 Å².